The van der Waals surface area contributed by atoms with Gasteiger partial charge in [0.05, 0.1) is 0 Å². The number of aromatic nitrogens is 2. The summed E-state index contributed by atoms with van der Waals surface area (Å²) in [5.41, 5.74) is 7.18. The molecular weight excluding hydrogens is 394 g/mol. The summed E-state index contributed by atoms with van der Waals surface area (Å²) in [6.45, 7) is 6.54. The molecule has 32 heavy (non-hydrogen) atoms. The van der Waals surface area contributed by atoms with Crippen LogP contribution in [-0.2, 0) is 0 Å². The third-order valence-electron chi connectivity index (χ3n) is 7.06. The molecule has 0 bridgehead atoms. The SMILES string of the molecule is CCCCCCCCCCCCCCCCNc1ncnc(N2CCCCC2CC)c1N. The van der Waals surface area contributed by atoms with Crippen LogP contribution in [0.1, 0.15) is 129 Å². The molecule has 0 aromatic carbocycles. The predicted molar refractivity (Wildman–Crippen MR) is 141 cm³/mol. The van der Waals surface area contributed by atoms with Crippen molar-refractivity contribution in [3.05, 3.63) is 6.33 Å². The van der Waals surface area contributed by atoms with Crippen LogP contribution in [0.4, 0.5) is 17.3 Å². The summed E-state index contributed by atoms with van der Waals surface area (Å²) in [6, 6.07) is 0.555. The topological polar surface area (TPSA) is 67.1 Å². The van der Waals surface area contributed by atoms with Crippen molar-refractivity contribution in [1.29, 1.82) is 0 Å². The molecule has 1 aromatic rings. The van der Waals surface area contributed by atoms with E-state index in [0.29, 0.717) is 6.04 Å². The van der Waals surface area contributed by atoms with Gasteiger partial charge in [-0.25, -0.2) is 9.97 Å². The number of unbranched alkanes of at least 4 members (excludes halogenated alkanes) is 13. The molecule has 1 fully saturated rings. The highest BCUT2D eigenvalue weighted by molar-refractivity contribution is 5.75. The number of nitrogens with two attached hydrogens (primary N) is 1. The Morgan fingerprint density at radius 3 is 2.03 bits per heavy atom. The number of hydrogen-bond donors (Lipinski definition) is 2. The van der Waals surface area contributed by atoms with Gasteiger partial charge < -0.3 is 16.0 Å². The van der Waals surface area contributed by atoms with Gasteiger partial charge in [0.15, 0.2) is 11.6 Å². The van der Waals surface area contributed by atoms with Gasteiger partial charge in [-0.2, -0.15) is 0 Å². The quantitative estimate of drug-likeness (QED) is 0.226. The Morgan fingerprint density at radius 2 is 1.44 bits per heavy atom. The molecule has 1 saturated heterocycles. The molecule has 0 amide bonds. The van der Waals surface area contributed by atoms with Crippen LogP contribution in [0.15, 0.2) is 6.33 Å². The fourth-order valence-electron chi connectivity index (χ4n) is 4.99. The predicted octanol–water partition coefficient (Wildman–Crippen LogP) is 7.72. The van der Waals surface area contributed by atoms with E-state index in [0.717, 1.165) is 36.8 Å². The van der Waals surface area contributed by atoms with E-state index in [4.69, 9.17) is 5.73 Å². The Hall–Kier alpha value is -1.52. The van der Waals surface area contributed by atoms with E-state index in [1.807, 2.05) is 0 Å². The van der Waals surface area contributed by atoms with Gasteiger partial charge in [-0.3, -0.25) is 0 Å². The van der Waals surface area contributed by atoms with Gasteiger partial charge in [0.1, 0.15) is 12.0 Å². The molecular formula is C27H51N5. The minimum Gasteiger partial charge on any atom is -0.393 e. The number of nitrogens with one attached hydrogen (secondary N) is 1. The first-order valence-corrected chi connectivity index (χ1v) is 13.9. The van der Waals surface area contributed by atoms with Gasteiger partial charge in [-0.15, -0.1) is 0 Å². The molecule has 1 aliphatic rings. The van der Waals surface area contributed by atoms with Gasteiger partial charge in [0.25, 0.3) is 0 Å². The van der Waals surface area contributed by atoms with E-state index >= 15 is 0 Å². The molecule has 1 unspecified atom stereocenters. The molecule has 5 heteroatoms. The summed E-state index contributed by atoms with van der Waals surface area (Å²) >= 11 is 0. The summed E-state index contributed by atoms with van der Waals surface area (Å²) in [6.07, 6.45) is 26.0. The van der Waals surface area contributed by atoms with E-state index in [1.54, 1.807) is 6.33 Å². The van der Waals surface area contributed by atoms with Crippen molar-refractivity contribution in [3.8, 4) is 0 Å². The highest BCUT2D eigenvalue weighted by atomic mass is 15.2. The first kappa shape index (κ1) is 26.7. The van der Waals surface area contributed by atoms with Crippen LogP contribution in [0.2, 0.25) is 0 Å². The van der Waals surface area contributed by atoms with Gasteiger partial charge in [0, 0.05) is 19.1 Å². The lowest BCUT2D eigenvalue weighted by Crippen LogP contribution is -2.40. The molecule has 5 nitrogen and oxygen atoms in total. The lowest BCUT2D eigenvalue weighted by atomic mass is 10.00. The van der Waals surface area contributed by atoms with Gasteiger partial charge in [-0.1, -0.05) is 97.3 Å². The minimum absolute atomic E-state index is 0.555. The standard InChI is InChI=1S/C27H51N5/c1-3-5-6-7-8-9-10-11-12-13-14-15-16-18-21-29-26-25(28)27(31-23-30-26)32-22-19-17-20-24(32)4-2/h23-24H,3-22,28H2,1-2H3,(H,29,30,31). The van der Waals surface area contributed by atoms with Crippen molar-refractivity contribution in [3.63, 3.8) is 0 Å². The molecule has 184 valence electrons. The minimum atomic E-state index is 0.555. The Bertz CT molecular complexity index is 591. The van der Waals surface area contributed by atoms with Gasteiger partial charge in [-0.05, 0) is 32.1 Å². The molecule has 3 N–H and O–H groups in total. The van der Waals surface area contributed by atoms with Crippen LogP contribution in [0.3, 0.4) is 0 Å². The molecule has 0 saturated carbocycles. The molecule has 0 radical (unpaired) electrons. The summed E-state index contributed by atoms with van der Waals surface area (Å²) in [5.74, 6) is 1.74. The molecule has 0 aliphatic carbocycles. The zero-order valence-electron chi connectivity index (χ0n) is 21.2. The third-order valence-corrected chi connectivity index (χ3v) is 7.06. The van der Waals surface area contributed by atoms with E-state index in [-0.39, 0.29) is 0 Å². The van der Waals surface area contributed by atoms with Crippen LogP contribution in [-0.4, -0.2) is 29.1 Å². The highest BCUT2D eigenvalue weighted by Crippen LogP contribution is 2.32. The van der Waals surface area contributed by atoms with E-state index in [1.165, 1.54) is 109 Å². The molecule has 1 atom stereocenters. The van der Waals surface area contributed by atoms with Crippen LogP contribution < -0.4 is 16.0 Å². The molecule has 0 spiro atoms. The number of hydrogen-bond acceptors (Lipinski definition) is 5. The monoisotopic (exact) mass is 445 g/mol. The zero-order chi connectivity index (χ0) is 22.9. The van der Waals surface area contributed by atoms with Crippen molar-refractivity contribution >= 4 is 17.3 Å². The number of anilines is 3. The summed E-state index contributed by atoms with van der Waals surface area (Å²) in [7, 11) is 0. The highest BCUT2D eigenvalue weighted by Gasteiger charge is 2.24. The van der Waals surface area contributed by atoms with Gasteiger partial charge in [0.2, 0.25) is 0 Å². The molecule has 1 aromatic heterocycles. The van der Waals surface area contributed by atoms with E-state index in [9.17, 15) is 0 Å². The maximum absolute atomic E-state index is 6.46. The maximum Gasteiger partial charge on any atom is 0.157 e. The lowest BCUT2D eigenvalue weighted by Gasteiger charge is -2.36. The molecule has 2 heterocycles. The maximum atomic E-state index is 6.46. The van der Waals surface area contributed by atoms with Crippen molar-refractivity contribution in [2.45, 2.75) is 135 Å². The average Bonchev–Trinajstić information content (AvgIpc) is 2.82. The van der Waals surface area contributed by atoms with Crippen molar-refractivity contribution < 1.29 is 0 Å². The number of piperidine rings is 1. The lowest BCUT2D eigenvalue weighted by molar-refractivity contribution is 0.447. The first-order valence-electron chi connectivity index (χ1n) is 13.9. The van der Waals surface area contributed by atoms with E-state index < -0.39 is 0 Å². The second kappa shape index (κ2) is 17.0. The summed E-state index contributed by atoms with van der Waals surface area (Å²) in [4.78, 5) is 11.3. The van der Waals surface area contributed by atoms with Crippen LogP contribution >= 0.6 is 0 Å². The third kappa shape index (κ3) is 9.95. The number of nitrogen functional groups attached to an aromatic ring is 1. The normalized spacial score (nSPS) is 16.4. The van der Waals surface area contributed by atoms with Crippen LogP contribution in [0, 0.1) is 0 Å². The Labute approximate surface area is 198 Å². The van der Waals surface area contributed by atoms with Crippen LogP contribution in [0.25, 0.3) is 0 Å². The fraction of sp³-hybridized carbons (Fsp3) is 0.852. The average molecular weight is 446 g/mol. The van der Waals surface area contributed by atoms with Gasteiger partial charge >= 0.3 is 0 Å². The largest absolute Gasteiger partial charge is 0.393 e. The van der Waals surface area contributed by atoms with Crippen molar-refractivity contribution in [1.82, 2.24) is 9.97 Å². The smallest absolute Gasteiger partial charge is 0.157 e. The number of rotatable bonds is 18. The van der Waals surface area contributed by atoms with Crippen molar-refractivity contribution in [2.24, 2.45) is 0 Å². The summed E-state index contributed by atoms with van der Waals surface area (Å²) < 4.78 is 0. The van der Waals surface area contributed by atoms with E-state index in [2.05, 4.69) is 34.0 Å². The first-order chi connectivity index (χ1) is 15.8. The molecule has 1 aliphatic heterocycles. The molecule has 2 rings (SSSR count). The Kier molecular flexibility index (Phi) is 14.2. The number of nitrogens with zero attached hydrogens (tertiary/aromatic N) is 3. The Morgan fingerprint density at radius 1 is 0.844 bits per heavy atom. The Balaban J connectivity index is 1.52. The van der Waals surface area contributed by atoms with Crippen molar-refractivity contribution in [2.75, 3.05) is 29.0 Å². The second-order valence-corrected chi connectivity index (χ2v) is 9.73. The fourth-order valence-corrected chi connectivity index (χ4v) is 4.99. The summed E-state index contributed by atoms with van der Waals surface area (Å²) in [5, 5.41) is 3.47. The second-order valence-electron chi connectivity index (χ2n) is 9.73. The zero-order valence-corrected chi connectivity index (χ0v) is 21.2. The van der Waals surface area contributed by atoms with Crippen LogP contribution in [0.5, 0.6) is 0 Å².